The topological polar surface area (TPSA) is 68.5 Å². The van der Waals surface area contributed by atoms with Crippen LogP contribution in [0.3, 0.4) is 0 Å². The quantitative estimate of drug-likeness (QED) is 0.773. The Hall–Kier alpha value is -1.79. The van der Waals surface area contributed by atoms with Gasteiger partial charge in [-0.3, -0.25) is 4.79 Å². The lowest BCUT2D eigenvalue weighted by molar-refractivity contribution is 0.0916. The molecule has 7 heteroatoms. The summed E-state index contributed by atoms with van der Waals surface area (Å²) >= 11 is 7.64. The maximum absolute atomic E-state index is 12.4. The normalized spacial score (nSPS) is 18.8. The smallest absolute Gasteiger partial charge is 0.190 e. The van der Waals surface area contributed by atoms with Gasteiger partial charge >= 0.3 is 0 Å². The number of carbonyl (C=O) groups excluding carboxylic acids is 1. The zero-order valence-corrected chi connectivity index (χ0v) is 15.1. The number of benzene rings is 1. The molecular formula is C17H18ClN3O2S. The molecule has 0 amide bonds. The predicted molar refractivity (Wildman–Crippen MR) is 96.9 cm³/mol. The standard InChI is InChI=1S/C17H18ClN3O2S/c1-17(2)7-11-15(13(22)8-17)24-16(20-11)21-3-4-23-14-6-10(19)9(18)5-12(14)21/h5-6H,3-4,7-8,19H2,1-2H3. The van der Waals surface area contributed by atoms with Crippen molar-refractivity contribution in [3.63, 3.8) is 0 Å². The van der Waals surface area contributed by atoms with Gasteiger partial charge in [0.1, 0.15) is 12.4 Å². The molecule has 2 N–H and O–H groups in total. The van der Waals surface area contributed by atoms with E-state index >= 15 is 0 Å². The van der Waals surface area contributed by atoms with E-state index in [-0.39, 0.29) is 11.2 Å². The minimum atomic E-state index is -0.0316. The van der Waals surface area contributed by atoms with E-state index in [9.17, 15) is 4.79 Å². The third-order valence-corrected chi connectivity index (χ3v) is 5.89. The van der Waals surface area contributed by atoms with Crippen molar-refractivity contribution in [3.8, 4) is 5.75 Å². The molecule has 0 saturated heterocycles. The van der Waals surface area contributed by atoms with Crippen LogP contribution in [0.5, 0.6) is 5.75 Å². The van der Waals surface area contributed by atoms with Crippen molar-refractivity contribution in [2.45, 2.75) is 26.7 Å². The van der Waals surface area contributed by atoms with Crippen molar-refractivity contribution in [3.05, 3.63) is 27.7 Å². The first-order chi connectivity index (χ1) is 11.3. The maximum Gasteiger partial charge on any atom is 0.190 e. The highest BCUT2D eigenvalue weighted by molar-refractivity contribution is 7.17. The number of nitrogens with zero attached hydrogens (tertiary/aromatic N) is 2. The number of nitrogen functional groups attached to an aromatic ring is 1. The molecule has 24 heavy (non-hydrogen) atoms. The van der Waals surface area contributed by atoms with Gasteiger partial charge in [0, 0.05) is 12.5 Å². The summed E-state index contributed by atoms with van der Waals surface area (Å²) in [6.07, 6.45) is 1.40. The second-order valence-electron chi connectivity index (χ2n) is 7.05. The summed E-state index contributed by atoms with van der Waals surface area (Å²) in [4.78, 5) is 20.0. The Morgan fingerprint density at radius 1 is 1.38 bits per heavy atom. The van der Waals surface area contributed by atoms with Gasteiger partial charge < -0.3 is 15.4 Å². The Morgan fingerprint density at radius 2 is 2.17 bits per heavy atom. The second-order valence-corrected chi connectivity index (χ2v) is 8.44. The Labute approximate surface area is 149 Å². The van der Waals surface area contributed by atoms with E-state index in [1.165, 1.54) is 11.3 Å². The zero-order valence-electron chi connectivity index (χ0n) is 13.6. The van der Waals surface area contributed by atoms with Crippen LogP contribution < -0.4 is 15.4 Å². The van der Waals surface area contributed by atoms with Crippen LogP contribution in [-0.2, 0) is 6.42 Å². The molecule has 126 valence electrons. The number of ether oxygens (including phenoxy) is 1. The van der Waals surface area contributed by atoms with Gasteiger partial charge in [-0.2, -0.15) is 0 Å². The van der Waals surface area contributed by atoms with Crippen LogP contribution in [0.4, 0.5) is 16.5 Å². The van der Waals surface area contributed by atoms with Crippen molar-refractivity contribution in [1.29, 1.82) is 0 Å². The van der Waals surface area contributed by atoms with E-state index in [1.54, 1.807) is 12.1 Å². The highest BCUT2D eigenvalue weighted by atomic mass is 35.5. The van der Waals surface area contributed by atoms with Crippen LogP contribution in [0.1, 0.15) is 35.6 Å². The van der Waals surface area contributed by atoms with E-state index in [4.69, 9.17) is 27.1 Å². The van der Waals surface area contributed by atoms with Crippen LogP contribution in [0.15, 0.2) is 12.1 Å². The van der Waals surface area contributed by atoms with E-state index in [1.807, 2.05) is 0 Å². The summed E-state index contributed by atoms with van der Waals surface area (Å²) in [7, 11) is 0. The van der Waals surface area contributed by atoms with Crippen molar-refractivity contribution in [1.82, 2.24) is 4.98 Å². The van der Waals surface area contributed by atoms with E-state index < -0.39 is 0 Å². The summed E-state index contributed by atoms with van der Waals surface area (Å²) in [5.41, 5.74) is 8.08. The van der Waals surface area contributed by atoms with Crippen LogP contribution in [0, 0.1) is 5.41 Å². The molecule has 1 aromatic carbocycles. The summed E-state index contributed by atoms with van der Waals surface area (Å²) in [6, 6.07) is 3.54. The minimum absolute atomic E-state index is 0.0316. The number of ketones is 1. The maximum atomic E-state index is 12.4. The van der Waals surface area contributed by atoms with Crippen LogP contribution in [0.2, 0.25) is 5.02 Å². The van der Waals surface area contributed by atoms with Gasteiger partial charge in [-0.25, -0.2) is 4.98 Å². The van der Waals surface area contributed by atoms with E-state index in [2.05, 4.69) is 18.7 Å². The zero-order chi connectivity index (χ0) is 17.1. The number of carbonyl (C=O) groups is 1. The molecule has 5 nitrogen and oxygen atoms in total. The van der Waals surface area contributed by atoms with Gasteiger partial charge in [-0.05, 0) is 17.9 Å². The highest BCUT2D eigenvalue weighted by Gasteiger charge is 2.35. The first kappa shape index (κ1) is 15.7. The fourth-order valence-corrected chi connectivity index (χ4v) is 4.49. The SMILES string of the molecule is CC1(C)CC(=O)c2sc(N3CCOc4cc(N)c(Cl)cc43)nc2C1. The number of thiazole rings is 1. The lowest BCUT2D eigenvalue weighted by Gasteiger charge is -2.29. The summed E-state index contributed by atoms with van der Waals surface area (Å²) < 4.78 is 5.70. The number of rotatable bonds is 1. The number of aromatic nitrogens is 1. The molecular weight excluding hydrogens is 346 g/mol. The fraction of sp³-hybridized carbons (Fsp3) is 0.412. The summed E-state index contributed by atoms with van der Waals surface area (Å²) in [6.45, 7) is 5.42. The van der Waals surface area contributed by atoms with Gasteiger partial charge in [0.2, 0.25) is 0 Å². The number of fused-ring (bicyclic) bond motifs is 2. The number of Topliss-reactive ketones (excluding diaryl/α,β-unsaturated/α-hetero) is 1. The average molecular weight is 364 g/mol. The summed E-state index contributed by atoms with van der Waals surface area (Å²) in [5.74, 6) is 0.886. The Kier molecular flexibility index (Phi) is 3.51. The second kappa shape index (κ2) is 5.36. The molecule has 4 rings (SSSR count). The Bertz CT molecular complexity index is 847. The third-order valence-electron chi connectivity index (χ3n) is 4.40. The van der Waals surface area contributed by atoms with Crippen LogP contribution >= 0.6 is 22.9 Å². The van der Waals surface area contributed by atoms with E-state index in [0.717, 1.165) is 27.8 Å². The number of nitrogens with two attached hydrogens (primary N) is 1. The van der Waals surface area contributed by atoms with Gasteiger partial charge in [0.15, 0.2) is 10.9 Å². The van der Waals surface area contributed by atoms with Crippen LogP contribution in [-0.4, -0.2) is 23.9 Å². The molecule has 0 fully saturated rings. The molecule has 0 spiro atoms. The van der Waals surface area contributed by atoms with Crippen molar-refractivity contribution < 1.29 is 9.53 Å². The molecule has 1 aliphatic carbocycles. The molecule has 0 bridgehead atoms. The van der Waals surface area contributed by atoms with Gasteiger partial charge in [0.25, 0.3) is 0 Å². The molecule has 2 aromatic rings. The van der Waals surface area contributed by atoms with Crippen molar-refractivity contribution in [2.75, 3.05) is 23.8 Å². The largest absolute Gasteiger partial charge is 0.489 e. The average Bonchev–Trinajstić information content (AvgIpc) is 2.90. The van der Waals surface area contributed by atoms with Gasteiger partial charge in [0.05, 0.1) is 33.5 Å². The fourth-order valence-electron chi connectivity index (χ4n) is 3.27. The van der Waals surface area contributed by atoms with Gasteiger partial charge in [-0.15, -0.1) is 0 Å². The first-order valence-corrected chi connectivity index (χ1v) is 9.06. The molecule has 0 radical (unpaired) electrons. The highest BCUT2D eigenvalue weighted by Crippen LogP contribution is 2.45. The molecule has 1 aromatic heterocycles. The third kappa shape index (κ3) is 2.54. The lowest BCUT2D eigenvalue weighted by Crippen LogP contribution is -2.28. The molecule has 0 unspecified atom stereocenters. The van der Waals surface area contributed by atoms with Crippen molar-refractivity contribution >= 4 is 45.2 Å². The monoisotopic (exact) mass is 363 g/mol. The Balaban J connectivity index is 1.77. The van der Waals surface area contributed by atoms with Crippen molar-refractivity contribution in [2.24, 2.45) is 5.41 Å². The number of hydrogen-bond acceptors (Lipinski definition) is 6. The molecule has 0 saturated carbocycles. The Morgan fingerprint density at radius 3 is 2.96 bits per heavy atom. The van der Waals surface area contributed by atoms with Gasteiger partial charge in [-0.1, -0.05) is 36.8 Å². The molecule has 1 aliphatic heterocycles. The predicted octanol–water partition coefficient (Wildman–Crippen LogP) is 4.06. The number of hydrogen-bond donors (Lipinski definition) is 1. The first-order valence-electron chi connectivity index (χ1n) is 7.86. The number of halogens is 1. The van der Waals surface area contributed by atoms with E-state index in [0.29, 0.717) is 36.0 Å². The molecule has 2 heterocycles. The lowest BCUT2D eigenvalue weighted by atomic mass is 9.78. The minimum Gasteiger partial charge on any atom is -0.489 e. The molecule has 0 atom stereocenters. The molecule has 2 aliphatic rings. The van der Waals surface area contributed by atoms with Crippen LogP contribution in [0.25, 0.3) is 0 Å². The number of anilines is 3. The summed E-state index contributed by atoms with van der Waals surface area (Å²) in [5, 5.41) is 1.30.